The third kappa shape index (κ3) is 6.49. The van der Waals surface area contributed by atoms with E-state index in [-0.39, 0.29) is 29.5 Å². The third-order valence-electron chi connectivity index (χ3n) is 8.90. The Morgan fingerprint density at radius 1 is 0.978 bits per heavy atom. The average molecular weight is 644 g/mol. The molecule has 0 fully saturated rings. The third-order valence-corrected chi connectivity index (χ3v) is 13.4. The highest BCUT2D eigenvalue weighted by Crippen LogP contribution is 2.37. The topological polar surface area (TPSA) is 99.9 Å². The van der Waals surface area contributed by atoms with E-state index in [0.29, 0.717) is 35.3 Å². The molecule has 0 spiro atoms. The first-order chi connectivity index (χ1) is 21.9. The molecule has 46 heavy (non-hydrogen) atoms. The molecule has 9 nitrogen and oxygen atoms in total. The summed E-state index contributed by atoms with van der Waals surface area (Å²) in [4.78, 5) is 18.3. The number of hydrogen-bond acceptors (Lipinski definition) is 8. The summed E-state index contributed by atoms with van der Waals surface area (Å²) in [7, 11) is -1.95. The van der Waals surface area contributed by atoms with Crippen molar-refractivity contribution in [1.29, 1.82) is 0 Å². The second-order valence-corrected chi connectivity index (χ2v) is 18.0. The number of aromatic nitrogens is 6. The highest BCUT2D eigenvalue weighted by atomic mass is 28.4. The molecular weight excluding hydrogens is 605 g/mol. The number of rotatable bonds is 10. The zero-order valence-corrected chi connectivity index (χ0v) is 28.1. The molecule has 3 heterocycles. The maximum atomic E-state index is 15.4. The molecule has 5 aromatic rings. The van der Waals surface area contributed by atoms with Crippen molar-refractivity contribution in [2.75, 3.05) is 18.5 Å². The van der Waals surface area contributed by atoms with Crippen molar-refractivity contribution in [2.45, 2.75) is 71.6 Å². The molecule has 0 aliphatic heterocycles. The molecular formula is C34H39F2N7O2Si. The quantitative estimate of drug-likeness (QED) is 0.123. The first-order valence-electron chi connectivity index (χ1n) is 15.6. The molecule has 2 aromatic carbocycles. The lowest BCUT2D eigenvalue weighted by Gasteiger charge is -2.36. The van der Waals surface area contributed by atoms with Crippen molar-refractivity contribution in [1.82, 2.24) is 29.7 Å². The normalized spacial score (nSPS) is 13.3. The van der Waals surface area contributed by atoms with E-state index in [0.717, 1.165) is 41.6 Å². The average Bonchev–Trinajstić information content (AvgIpc) is 3.62. The van der Waals surface area contributed by atoms with Gasteiger partial charge in [0.1, 0.15) is 47.6 Å². The number of halogens is 2. The summed E-state index contributed by atoms with van der Waals surface area (Å²) in [5.74, 6) is 0.464. The van der Waals surface area contributed by atoms with Gasteiger partial charge in [-0.25, -0.2) is 28.7 Å². The Morgan fingerprint density at radius 2 is 1.74 bits per heavy atom. The molecule has 0 saturated heterocycles. The van der Waals surface area contributed by atoms with Crippen LogP contribution in [0.1, 0.15) is 49.7 Å². The molecule has 12 heteroatoms. The molecule has 0 radical (unpaired) electrons. The number of hydrogen-bond donors (Lipinski definition) is 1. The molecule has 1 N–H and O–H groups in total. The molecule has 240 valence electrons. The van der Waals surface area contributed by atoms with E-state index in [1.54, 1.807) is 4.68 Å². The summed E-state index contributed by atoms with van der Waals surface area (Å²) < 4.78 is 44.2. The minimum Gasteiger partial charge on any atom is -0.491 e. The number of benzene rings is 2. The first kappa shape index (κ1) is 31.7. The molecule has 1 aliphatic rings. The standard InChI is InChI=1S/C34H39F2N7O2Si/c1-21-16-30(38-20-37-21)40-32-23-11-9-12-28(23)39-33(41-32)31-24-10-7-8-13-29(24)43(42-31)19-25-26(35)17-22(18-27(25)36)44-14-15-45-46(5,6)34(2,3)4/h7-8,10,13,16-18,20H,9,11-12,14-15,19H2,1-6H3,(H,37,38,39,40,41). The second-order valence-electron chi connectivity index (χ2n) is 13.2. The van der Waals surface area contributed by atoms with Gasteiger partial charge in [0.2, 0.25) is 0 Å². The van der Waals surface area contributed by atoms with Gasteiger partial charge < -0.3 is 14.5 Å². The van der Waals surface area contributed by atoms with Crippen LogP contribution in [0.3, 0.4) is 0 Å². The molecule has 3 aromatic heterocycles. The largest absolute Gasteiger partial charge is 0.491 e. The van der Waals surface area contributed by atoms with E-state index in [2.05, 4.69) is 49.1 Å². The Kier molecular flexibility index (Phi) is 8.60. The predicted octanol–water partition coefficient (Wildman–Crippen LogP) is 7.55. The number of para-hydroxylation sites is 1. The Morgan fingerprint density at radius 3 is 2.48 bits per heavy atom. The fraction of sp³-hybridized carbons (Fsp3) is 0.382. The van der Waals surface area contributed by atoms with Crippen LogP contribution in [0, 0.1) is 18.6 Å². The number of ether oxygens (including phenoxy) is 1. The smallest absolute Gasteiger partial charge is 0.192 e. The molecule has 0 amide bonds. The van der Waals surface area contributed by atoms with Crippen LogP contribution in [0.25, 0.3) is 22.4 Å². The van der Waals surface area contributed by atoms with E-state index in [1.807, 2.05) is 37.3 Å². The van der Waals surface area contributed by atoms with Crippen molar-refractivity contribution < 1.29 is 17.9 Å². The van der Waals surface area contributed by atoms with Gasteiger partial charge in [0, 0.05) is 46.1 Å². The van der Waals surface area contributed by atoms with Crippen LogP contribution in [-0.4, -0.2) is 51.2 Å². The first-order valence-corrected chi connectivity index (χ1v) is 18.5. The maximum Gasteiger partial charge on any atom is 0.192 e. The Balaban J connectivity index is 1.26. The fourth-order valence-electron chi connectivity index (χ4n) is 5.34. The Bertz CT molecular complexity index is 1880. The molecule has 1 aliphatic carbocycles. The summed E-state index contributed by atoms with van der Waals surface area (Å²) in [6.07, 6.45) is 4.17. The van der Waals surface area contributed by atoms with Crippen LogP contribution in [-0.2, 0) is 23.8 Å². The maximum absolute atomic E-state index is 15.4. The summed E-state index contributed by atoms with van der Waals surface area (Å²) in [5.41, 5.74) is 3.99. The molecule has 0 atom stereocenters. The van der Waals surface area contributed by atoms with Crippen LogP contribution in [0.15, 0.2) is 48.8 Å². The van der Waals surface area contributed by atoms with Crippen molar-refractivity contribution in [2.24, 2.45) is 0 Å². The van der Waals surface area contributed by atoms with Gasteiger partial charge in [0.25, 0.3) is 0 Å². The summed E-state index contributed by atoms with van der Waals surface area (Å²) in [5, 5.41) is 9.01. The lowest BCUT2D eigenvalue weighted by molar-refractivity contribution is 0.202. The van der Waals surface area contributed by atoms with E-state index in [9.17, 15) is 0 Å². The molecule has 0 unspecified atom stereocenters. The number of nitrogens with one attached hydrogen (secondary N) is 1. The van der Waals surface area contributed by atoms with Gasteiger partial charge in [-0.15, -0.1) is 0 Å². The second kappa shape index (κ2) is 12.5. The summed E-state index contributed by atoms with van der Waals surface area (Å²) >= 11 is 0. The van der Waals surface area contributed by atoms with Gasteiger partial charge in [-0.2, -0.15) is 5.10 Å². The Hall–Kier alpha value is -4.29. The minimum atomic E-state index is -1.95. The molecule has 6 rings (SSSR count). The van der Waals surface area contributed by atoms with Crippen LogP contribution < -0.4 is 10.1 Å². The number of aryl methyl sites for hydroxylation is 2. The molecule has 0 saturated carbocycles. The zero-order valence-electron chi connectivity index (χ0n) is 27.1. The predicted molar refractivity (Wildman–Crippen MR) is 177 cm³/mol. The van der Waals surface area contributed by atoms with Crippen LogP contribution in [0.2, 0.25) is 18.1 Å². The van der Waals surface area contributed by atoms with Crippen LogP contribution >= 0.6 is 0 Å². The lowest BCUT2D eigenvalue weighted by atomic mass is 10.1. The van der Waals surface area contributed by atoms with Gasteiger partial charge in [-0.3, -0.25) is 4.68 Å². The number of nitrogens with zero attached hydrogens (tertiary/aromatic N) is 6. The Labute approximate surface area is 268 Å². The molecule has 0 bridgehead atoms. The fourth-order valence-corrected chi connectivity index (χ4v) is 6.36. The number of anilines is 2. The zero-order chi connectivity index (χ0) is 32.6. The lowest BCUT2D eigenvalue weighted by Crippen LogP contribution is -2.41. The SMILES string of the molecule is Cc1cc(Nc2nc(-c3nn(Cc4c(F)cc(OCCO[Si](C)(C)C(C)(C)C)cc4F)c4ccccc34)nc3c2CCC3)ncn1. The van der Waals surface area contributed by atoms with Crippen molar-refractivity contribution in [3.05, 3.63) is 82.9 Å². The van der Waals surface area contributed by atoms with Crippen LogP contribution in [0.5, 0.6) is 5.75 Å². The van der Waals surface area contributed by atoms with Crippen LogP contribution in [0.4, 0.5) is 20.4 Å². The van der Waals surface area contributed by atoms with Crippen molar-refractivity contribution >= 4 is 30.9 Å². The van der Waals surface area contributed by atoms with Gasteiger partial charge in [0.05, 0.1) is 18.7 Å². The van der Waals surface area contributed by atoms with E-state index in [4.69, 9.17) is 24.2 Å². The van der Waals surface area contributed by atoms with E-state index < -0.39 is 20.0 Å². The highest BCUT2D eigenvalue weighted by Gasteiger charge is 2.37. The van der Waals surface area contributed by atoms with Gasteiger partial charge in [-0.05, 0) is 50.4 Å². The highest BCUT2D eigenvalue weighted by molar-refractivity contribution is 6.74. The van der Waals surface area contributed by atoms with Gasteiger partial charge in [0.15, 0.2) is 14.1 Å². The summed E-state index contributed by atoms with van der Waals surface area (Å²) in [6, 6.07) is 11.8. The van der Waals surface area contributed by atoms with Gasteiger partial charge >= 0.3 is 0 Å². The monoisotopic (exact) mass is 643 g/mol. The van der Waals surface area contributed by atoms with Crippen molar-refractivity contribution in [3.8, 4) is 17.3 Å². The van der Waals surface area contributed by atoms with Crippen molar-refractivity contribution in [3.63, 3.8) is 0 Å². The van der Waals surface area contributed by atoms with E-state index in [1.165, 1.54) is 18.5 Å². The van der Waals surface area contributed by atoms with Gasteiger partial charge in [-0.1, -0.05) is 39.0 Å². The van der Waals surface area contributed by atoms with E-state index >= 15 is 8.78 Å². The number of fused-ring (bicyclic) bond motifs is 2. The summed E-state index contributed by atoms with van der Waals surface area (Å²) in [6.45, 7) is 13.1. The minimum absolute atomic E-state index is 0.0615.